The molecule has 0 aliphatic rings. The van der Waals surface area contributed by atoms with Gasteiger partial charge in [-0.15, -0.1) is 0 Å². The summed E-state index contributed by atoms with van der Waals surface area (Å²) in [5, 5.41) is 1.13. The van der Waals surface area contributed by atoms with Crippen LogP contribution in [0.2, 0.25) is 5.02 Å². The maximum atomic E-state index is 12.6. The molecule has 3 rings (SSSR count). The Bertz CT molecular complexity index is 811. The van der Waals surface area contributed by atoms with Gasteiger partial charge in [0.05, 0.1) is 27.6 Å². The number of nitrogens with one attached hydrogen (secondary N) is 1. The highest BCUT2D eigenvalue weighted by molar-refractivity contribution is 7.84. The fraction of sp³-hybridized carbons (Fsp3) is 0.188. The molecule has 1 aromatic heterocycles. The van der Waals surface area contributed by atoms with Crippen LogP contribution in [0.3, 0.4) is 0 Å². The van der Waals surface area contributed by atoms with Crippen molar-refractivity contribution in [1.82, 2.24) is 9.97 Å². The summed E-state index contributed by atoms with van der Waals surface area (Å²) in [4.78, 5) is 9.51. The Hall–Kier alpha value is -1.85. The van der Waals surface area contributed by atoms with E-state index in [9.17, 15) is 4.21 Å². The lowest BCUT2D eigenvalue weighted by Gasteiger charge is -2.17. The number of benzene rings is 2. The highest BCUT2D eigenvalue weighted by atomic mass is 35.5. The van der Waals surface area contributed by atoms with Crippen LogP contribution in [-0.2, 0) is 16.6 Å². The molecule has 4 nitrogen and oxygen atoms in total. The van der Waals surface area contributed by atoms with Gasteiger partial charge in [0, 0.05) is 24.8 Å². The molecule has 0 saturated carbocycles. The third-order valence-corrected chi connectivity index (χ3v) is 4.83. The number of hydrogen-bond donors (Lipinski definition) is 1. The molecule has 2 aromatic carbocycles. The Morgan fingerprint density at radius 3 is 2.73 bits per heavy atom. The quantitative estimate of drug-likeness (QED) is 0.793. The summed E-state index contributed by atoms with van der Waals surface area (Å²) in [5.74, 6) is 0.369. The molecule has 0 saturated heterocycles. The number of imidazole rings is 1. The lowest BCUT2D eigenvalue weighted by atomic mass is 10.2. The van der Waals surface area contributed by atoms with E-state index in [-0.39, 0.29) is 0 Å². The number of para-hydroxylation sites is 2. The Labute approximate surface area is 136 Å². The lowest BCUT2D eigenvalue weighted by molar-refractivity contribution is 0.677. The van der Waals surface area contributed by atoms with E-state index in [1.165, 1.54) is 0 Å². The van der Waals surface area contributed by atoms with Crippen LogP contribution in [0.4, 0.5) is 5.69 Å². The van der Waals surface area contributed by atoms with Crippen LogP contribution in [0.1, 0.15) is 5.56 Å². The zero-order chi connectivity index (χ0) is 15.7. The van der Waals surface area contributed by atoms with Crippen LogP contribution in [-0.4, -0.2) is 28.3 Å². The molecule has 1 N–H and O–H groups in total. The molecule has 6 heteroatoms. The summed E-state index contributed by atoms with van der Waals surface area (Å²) in [6, 6.07) is 13.3. The van der Waals surface area contributed by atoms with Gasteiger partial charge in [-0.3, -0.25) is 4.21 Å². The number of nitrogens with zero attached hydrogens (tertiary/aromatic N) is 2. The molecule has 114 valence electrons. The van der Waals surface area contributed by atoms with E-state index in [2.05, 4.69) is 9.97 Å². The molecule has 0 amide bonds. The van der Waals surface area contributed by atoms with Gasteiger partial charge in [0.2, 0.25) is 0 Å². The first-order valence-electron chi connectivity index (χ1n) is 6.83. The van der Waals surface area contributed by atoms with Gasteiger partial charge in [-0.1, -0.05) is 23.7 Å². The van der Waals surface area contributed by atoms with Crippen LogP contribution < -0.4 is 4.90 Å². The average molecular weight is 334 g/mol. The topological polar surface area (TPSA) is 49.0 Å². The number of aromatic amines is 1. The number of halogens is 1. The summed E-state index contributed by atoms with van der Waals surface area (Å²) >= 11 is 6.07. The summed E-state index contributed by atoms with van der Waals surface area (Å²) in [5.41, 5.74) is 3.67. The van der Waals surface area contributed by atoms with E-state index in [0.717, 1.165) is 22.3 Å². The average Bonchev–Trinajstić information content (AvgIpc) is 2.91. The number of H-pyrrole nitrogens is 1. The second kappa shape index (κ2) is 6.10. The third kappa shape index (κ3) is 3.00. The molecule has 0 aliphatic heterocycles. The summed E-state index contributed by atoms with van der Waals surface area (Å²) in [6.07, 6.45) is 0. The Morgan fingerprint density at radius 1 is 1.23 bits per heavy atom. The zero-order valence-electron chi connectivity index (χ0n) is 12.3. The molecule has 0 spiro atoms. The standard InChI is InChI=1S/C16H16ClN3OS/c1-20(2)15-8-7-12(17)9-11(15)10-22(21)16-18-13-5-3-4-6-14(13)19-16/h3-9H,10H2,1-2H3,(H,18,19). The molecule has 0 bridgehead atoms. The van der Waals surface area contributed by atoms with Crippen molar-refractivity contribution < 1.29 is 4.21 Å². The Kier molecular flexibility index (Phi) is 4.18. The molecule has 1 unspecified atom stereocenters. The number of fused-ring (bicyclic) bond motifs is 1. The minimum absolute atomic E-state index is 0.369. The highest BCUT2D eigenvalue weighted by Crippen LogP contribution is 2.25. The summed E-state index contributed by atoms with van der Waals surface area (Å²) in [7, 11) is 2.66. The van der Waals surface area contributed by atoms with E-state index < -0.39 is 10.8 Å². The van der Waals surface area contributed by atoms with E-state index in [1.54, 1.807) is 0 Å². The van der Waals surface area contributed by atoms with Crippen molar-refractivity contribution in [3.8, 4) is 0 Å². The molecule has 1 heterocycles. The van der Waals surface area contributed by atoms with Crippen LogP contribution in [0.15, 0.2) is 47.6 Å². The van der Waals surface area contributed by atoms with Crippen LogP contribution in [0.25, 0.3) is 11.0 Å². The van der Waals surface area contributed by atoms with Gasteiger partial charge in [0.1, 0.15) is 0 Å². The first-order chi connectivity index (χ1) is 10.5. The molecule has 0 fully saturated rings. The summed E-state index contributed by atoms with van der Waals surface area (Å²) < 4.78 is 12.6. The minimum atomic E-state index is -1.25. The van der Waals surface area contributed by atoms with Crippen molar-refractivity contribution in [3.05, 3.63) is 53.1 Å². The monoisotopic (exact) mass is 333 g/mol. The zero-order valence-corrected chi connectivity index (χ0v) is 13.9. The van der Waals surface area contributed by atoms with Crippen molar-refractivity contribution in [2.45, 2.75) is 10.9 Å². The second-order valence-electron chi connectivity index (χ2n) is 5.22. The molecular weight excluding hydrogens is 318 g/mol. The number of rotatable bonds is 4. The van der Waals surface area contributed by atoms with Gasteiger partial charge in [-0.25, -0.2) is 4.98 Å². The van der Waals surface area contributed by atoms with Crippen LogP contribution in [0, 0.1) is 0 Å². The molecule has 0 radical (unpaired) electrons. The molecular formula is C16H16ClN3OS. The smallest absolute Gasteiger partial charge is 0.197 e. The van der Waals surface area contributed by atoms with E-state index in [1.807, 2.05) is 61.5 Å². The minimum Gasteiger partial charge on any atom is -0.377 e. The normalized spacial score (nSPS) is 12.5. The number of hydrogen-bond acceptors (Lipinski definition) is 3. The Balaban J connectivity index is 1.92. The number of anilines is 1. The predicted molar refractivity (Wildman–Crippen MR) is 92.0 cm³/mol. The van der Waals surface area contributed by atoms with Gasteiger partial charge < -0.3 is 9.88 Å². The van der Waals surface area contributed by atoms with Crippen molar-refractivity contribution in [2.24, 2.45) is 0 Å². The maximum Gasteiger partial charge on any atom is 0.197 e. The van der Waals surface area contributed by atoms with Gasteiger partial charge in [-0.05, 0) is 35.9 Å². The first-order valence-corrected chi connectivity index (χ1v) is 8.53. The highest BCUT2D eigenvalue weighted by Gasteiger charge is 2.14. The van der Waals surface area contributed by atoms with Gasteiger partial charge >= 0.3 is 0 Å². The van der Waals surface area contributed by atoms with Crippen LogP contribution >= 0.6 is 11.6 Å². The van der Waals surface area contributed by atoms with E-state index in [0.29, 0.717) is 15.9 Å². The van der Waals surface area contributed by atoms with Gasteiger partial charge in [0.15, 0.2) is 5.16 Å². The lowest BCUT2D eigenvalue weighted by Crippen LogP contribution is -2.12. The van der Waals surface area contributed by atoms with E-state index in [4.69, 9.17) is 11.6 Å². The molecule has 22 heavy (non-hydrogen) atoms. The van der Waals surface area contributed by atoms with Gasteiger partial charge in [0.25, 0.3) is 0 Å². The third-order valence-electron chi connectivity index (χ3n) is 3.39. The molecule has 1 atom stereocenters. The van der Waals surface area contributed by atoms with Crippen molar-refractivity contribution in [3.63, 3.8) is 0 Å². The second-order valence-corrected chi connectivity index (χ2v) is 7.02. The van der Waals surface area contributed by atoms with E-state index >= 15 is 0 Å². The van der Waals surface area contributed by atoms with Crippen molar-refractivity contribution in [2.75, 3.05) is 19.0 Å². The fourth-order valence-corrected chi connectivity index (χ4v) is 3.62. The largest absolute Gasteiger partial charge is 0.377 e. The van der Waals surface area contributed by atoms with Crippen molar-refractivity contribution >= 4 is 39.1 Å². The molecule has 0 aliphatic carbocycles. The summed E-state index contributed by atoms with van der Waals surface area (Å²) in [6.45, 7) is 0. The van der Waals surface area contributed by atoms with Crippen LogP contribution in [0.5, 0.6) is 0 Å². The fourth-order valence-electron chi connectivity index (χ4n) is 2.35. The predicted octanol–water partition coefficient (Wildman–Crippen LogP) is 3.59. The first kappa shape index (κ1) is 15.1. The number of aromatic nitrogens is 2. The van der Waals surface area contributed by atoms with Gasteiger partial charge in [-0.2, -0.15) is 0 Å². The Morgan fingerprint density at radius 2 is 2.00 bits per heavy atom. The van der Waals surface area contributed by atoms with Crippen molar-refractivity contribution in [1.29, 1.82) is 0 Å². The maximum absolute atomic E-state index is 12.6. The SMILES string of the molecule is CN(C)c1ccc(Cl)cc1CS(=O)c1nc2ccccc2[nH]1. The molecule has 3 aromatic rings.